The highest BCUT2D eigenvalue weighted by atomic mass is 16.5. The van der Waals surface area contributed by atoms with E-state index in [4.69, 9.17) is 10.5 Å². The summed E-state index contributed by atoms with van der Waals surface area (Å²) in [6.07, 6.45) is 1.44. The van der Waals surface area contributed by atoms with Crippen molar-refractivity contribution in [3.63, 3.8) is 0 Å². The van der Waals surface area contributed by atoms with Crippen LogP contribution in [0.5, 0.6) is 5.75 Å². The minimum atomic E-state index is 0.471. The van der Waals surface area contributed by atoms with Crippen LogP contribution in [0.4, 0.5) is 17.3 Å². The van der Waals surface area contributed by atoms with E-state index in [0.717, 1.165) is 22.6 Å². The Morgan fingerprint density at radius 1 is 1.22 bits per heavy atom. The normalized spacial score (nSPS) is 10.2. The molecular weight excluding hydrogens is 228 g/mol. The lowest BCUT2D eigenvalue weighted by Crippen LogP contribution is -2.03. The van der Waals surface area contributed by atoms with Gasteiger partial charge in [0, 0.05) is 5.56 Å². The number of aromatic nitrogens is 2. The van der Waals surface area contributed by atoms with Crippen molar-refractivity contribution in [2.75, 3.05) is 18.2 Å². The van der Waals surface area contributed by atoms with Crippen molar-refractivity contribution < 1.29 is 4.74 Å². The van der Waals surface area contributed by atoms with Gasteiger partial charge in [0.05, 0.1) is 12.8 Å². The van der Waals surface area contributed by atoms with E-state index in [0.29, 0.717) is 11.6 Å². The van der Waals surface area contributed by atoms with E-state index in [1.54, 1.807) is 7.11 Å². The Morgan fingerprint density at radius 3 is 2.72 bits per heavy atom. The zero-order valence-corrected chi connectivity index (χ0v) is 10.7. The molecule has 0 atom stereocenters. The minimum Gasteiger partial charge on any atom is -0.495 e. The fraction of sp³-hybridized carbons (Fsp3) is 0.231. The average molecular weight is 244 g/mol. The number of nitrogens with two attached hydrogens (primary N) is 1. The molecule has 0 unspecified atom stereocenters. The third-order valence-corrected chi connectivity index (χ3v) is 2.73. The summed E-state index contributed by atoms with van der Waals surface area (Å²) in [4.78, 5) is 8.12. The number of hydrogen-bond acceptors (Lipinski definition) is 5. The lowest BCUT2D eigenvalue weighted by Gasteiger charge is -2.13. The Balaban J connectivity index is 2.39. The number of nitrogen functional groups attached to an aromatic ring is 1. The largest absolute Gasteiger partial charge is 0.495 e. The molecule has 0 saturated heterocycles. The number of methoxy groups -OCH3 is 1. The molecule has 0 aliphatic carbocycles. The summed E-state index contributed by atoms with van der Waals surface area (Å²) in [5, 5.41) is 3.22. The molecule has 0 aliphatic heterocycles. The summed E-state index contributed by atoms with van der Waals surface area (Å²) < 4.78 is 5.31. The van der Waals surface area contributed by atoms with Gasteiger partial charge in [-0.25, -0.2) is 9.97 Å². The zero-order valence-electron chi connectivity index (χ0n) is 10.7. The van der Waals surface area contributed by atoms with Gasteiger partial charge in [-0.1, -0.05) is 6.07 Å². The van der Waals surface area contributed by atoms with E-state index in [9.17, 15) is 0 Å². The van der Waals surface area contributed by atoms with Crippen LogP contribution in [-0.2, 0) is 0 Å². The number of nitrogens with one attached hydrogen (secondary N) is 1. The average Bonchev–Trinajstić information content (AvgIpc) is 2.35. The van der Waals surface area contributed by atoms with Crippen molar-refractivity contribution in [3.8, 4) is 5.75 Å². The molecule has 0 fully saturated rings. The molecule has 0 aliphatic rings. The lowest BCUT2D eigenvalue weighted by molar-refractivity contribution is 0.416. The summed E-state index contributed by atoms with van der Waals surface area (Å²) in [6, 6.07) is 5.90. The molecule has 5 nitrogen and oxygen atoms in total. The number of nitrogens with zero attached hydrogens (tertiary/aromatic N) is 2. The molecule has 1 aromatic carbocycles. The highest BCUT2D eigenvalue weighted by Gasteiger charge is 2.08. The number of aryl methyl sites for hydroxylation is 1. The Morgan fingerprint density at radius 2 is 2.00 bits per heavy atom. The minimum absolute atomic E-state index is 0.471. The summed E-state index contributed by atoms with van der Waals surface area (Å²) in [6.45, 7) is 3.89. The van der Waals surface area contributed by atoms with E-state index in [1.165, 1.54) is 6.33 Å². The SMILES string of the molecule is COc1ccc(C)cc1Nc1ncnc(N)c1C. The second-order valence-electron chi connectivity index (χ2n) is 4.06. The standard InChI is InChI=1S/C13H16N4O/c1-8-4-5-11(18-3)10(6-8)17-13-9(2)12(14)15-7-16-13/h4-7H,1-3H3,(H3,14,15,16,17). The van der Waals surface area contributed by atoms with E-state index in [1.807, 2.05) is 32.0 Å². The summed E-state index contributed by atoms with van der Waals surface area (Å²) in [7, 11) is 1.64. The van der Waals surface area contributed by atoms with Crippen LogP contribution in [0, 0.1) is 13.8 Å². The Labute approximate surface area is 106 Å². The first-order valence-electron chi connectivity index (χ1n) is 5.60. The van der Waals surface area contributed by atoms with Gasteiger partial charge in [-0.05, 0) is 31.5 Å². The predicted molar refractivity (Wildman–Crippen MR) is 72.2 cm³/mol. The van der Waals surface area contributed by atoms with Gasteiger partial charge in [-0.3, -0.25) is 0 Å². The van der Waals surface area contributed by atoms with Crippen LogP contribution in [-0.4, -0.2) is 17.1 Å². The van der Waals surface area contributed by atoms with Crippen molar-refractivity contribution in [2.45, 2.75) is 13.8 Å². The third-order valence-electron chi connectivity index (χ3n) is 2.73. The molecule has 1 heterocycles. The molecule has 2 rings (SSSR count). The number of benzene rings is 1. The Bertz CT molecular complexity index is 569. The van der Waals surface area contributed by atoms with Gasteiger partial charge in [-0.15, -0.1) is 0 Å². The summed E-state index contributed by atoms with van der Waals surface area (Å²) in [5.41, 5.74) is 8.57. The van der Waals surface area contributed by atoms with Crippen LogP contribution in [0.3, 0.4) is 0 Å². The molecule has 0 amide bonds. The molecular formula is C13H16N4O. The quantitative estimate of drug-likeness (QED) is 0.867. The first-order valence-corrected chi connectivity index (χ1v) is 5.60. The number of rotatable bonds is 3. The fourth-order valence-corrected chi connectivity index (χ4v) is 1.64. The zero-order chi connectivity index (χ0) is 13.1. The molecule has 3 N–H and O–H groups in total. The third kappa shape index (κ3) is 2.34. The van der Waals surface area contributed by atoms with Crippen molar-refractivity contribution in [3.05, 3.63) is 35.7 Å². The maximum atomic E-state index is 5.75. The number of hydrogen-bond donors (Lipinski definition) is 2. The van der Waals surface area contributed by atoms with Gasteiger partial charge in [-0.2, -0.15) is 0 Å². The van der Waals surface area contributed by atoms with Crippen LogP contribution in [0.1, 0.15) is 11.1 Å². The van der Waals surface area contributed by atoms with Crippen LogP contribution in [0.2, 0.25) is 0 Å². The molecule has 2 aromatic rings. The van der Waals surface area contributed by atoms with Gasteiger partial charge in [0.15, 0.2) is 0 Å². The maximum absolute atomic E-state index is 5.75. The molecule has 0 radical (unpaired) electrons. The van der Waals surface area contributed by atoms with Gasteiger partial charge >= 0.3 is 0 Å². The van der Waals surface area contributed by atoms with Gasteiger partial charge < -0.3 is 15.8 Å². The molecule has 18 heavy (non-hydrogen) atoms. The van der Waals surface area contributed by atoms with E-state index >= 15 is 0 Å². The first-order chi connectivity index (χ1) is 8.61. The second kappa shape index (κ2) is 4.91. The van der Waals surface area contributed by atoms with Crippen LogP contribution >= 0.6 is 0 Å². The molecule has 94 valence electrons. The van der Waals surface area contributed by atoms with Crippen molar-refractivity contribution >= 4 is 17.3 Å². The van der Waals surface area contributed by atoms with Crippen molar-refractivity contribution in [2.24, 2.45) is 0 Å². The Kier molecular flexibility index (Phi) is 3.32. The fourth-order valence-electron chi connectivity index (χ4n) is 1.64. The highest BCUT2D eigenvalue weighted by Crippen LogP contribution is 2.29. The molecule has 0 bridgehead atoms. The second-order valence-corrected chi connectivity index (χ2v) is 4.06. The molecule has 0 spiro atoms. The van der Waals surface area contributed by atoms with Gasteiger partial charge in [0.2, 0.25) is 0 Å². The van der Waals surface area contributed by atoms with E-state index in [-0.39, 0.29) is 0 Å². The Hall–Kier alpha value is -2.30. The molecule has 5 heteroatoms. The summed E-state index contributed by atoms with van der Waals surface area (Å²) >= 11 is 0. The van der Waals surface area contributed by atoms with Crippen LogP contribution in [0.25, 0.3) is 0 Å². The van der Waals surface area contributed by atoms with E-state index < -0.39 is 0 Å². The maximum Gasteiger partial charge on any atom is 0.142 e. The summed E-state index contributed by atoms with van der Waals surface area (Å²) in [5.74, 6) is 1.92. The van der Waals surface area contributed by atoms with Crippen molar-refractivity contribution in [1.82, 2.24) is 9.97 Å². The monoisotopic (exact) mass is 244 g/mol. The van der Waals surface area contributed by atoms with Crippen molar-refractivity contribution in [1.29, 1.82) is 0 Å². The first kappa shape index (κ1) is 12.2. The topological polar surface area (TPSA) is 73.1 Å². The highest BCUT2D eigenvalue weighted by molar-refractivity contribution is 5.68. The number of ether oxygens (including phenoxy) is 1. The number of anilines is 3. The smallest absolute Gasteiger partial charge is 0.142 e. The van der Waals surface area contributed by atoms with Gasteiger partial charge in [0.25, 0.3) is 0 Å². The van der Waals surface area contributed by atoms with Crippen LogP contribution in [0.15, 0.2) is 24.5 Å². The molecule has 1 aromatic heterocycles. The molecule has 0 saturated carbocycles. The van der Waals surface area contributed by atoms with E-state index in [2.05, 4.69) is 15.3 Å². The van der Waals surface area contributed by atoms with Gasteiger partial charge in [0.1, 0.15) is 23.7 Å². The predicted octanol–water partition coefficient (Wildman–Crippen LogP) is 2.43. The van der Waals surface area contributed by atoms with Crippen LogP contribution < -0.4 is 15.8 Å². The lowest BCUT2D eigenvalue weighted by atomic mass is 10.2.